The Bertz CT molecular complexity index is 323. The first-order chi connectivity index (χ1) is 8.04. The zero-order valence-electron chi connectivity index (χ0n) is 11.5. The predicted octanol–water partition coefficient (Wildman–Crippen LogP) is 3.37. The van der Waals surface area contributed by atoms with E-state index in [-0.39, 0.29) is 6.10 Å². The first-order valence-corrected chi connectivity index (χ1v) is 7.21. The molecule has 0 bridgehead atoms. The van der Waals surface area contributed by atoms with Crippen molar-refractivity contribution in [3.05, 3.63) is 16.1 Å². The topological polar surface area (TPSA) is 34.1 Å². The summed E-state index contributed by atoms with van der Waals surface area (Å²) in [5.41, 5.74) is 1.11. The van der Waals surface area contributed by atoms with Gasteiger partial charge in [0.1, 0.15) is 11.1 Å². The summed E-state index contributed by atoms with van der Waals surface area (Å²) in [7, 11) is 0. The highest BCUT2D eigenvalue weighted by Crippen LogP contribution is 2.28. The summed E-state index contributed by atoms with van der Waals surface area (Å²) in [5.74, 6) is 0.465. The van der Waals surface area contributed by atoms with Crippen LogP contribution >= 0.6 is 11.3 Å². The molecule has 1 aromatic rings. The van der Waals surface area contributed by atoms with Crippen molar-refractivity contribution >= 4 is 11.3 Å². The third-order valence-electron chi connectivity index (χ3n) is 2.46. The van der Waals surface area contributed by atoms with Crippen LogP contribution in [0.25, 0.3) is 0 Å². The second-order valence-electron chi connectivity index (χ2n) is 4.83. The Labute approximate surface area is 109 Å². The number of thiazole rings is 1. The molecule has 0 aliphatic heterocycles. The zero-order valence-corrected chi connectivity index (χ0v) is 12.3. The molecular formula is C13H24N2OS. The first-order valence-electron chi connectivity index (χ1n) is 6.33. The number of aromatic nitrogens is 1. The van der Waals surface area contributed by atoms with E-state index in [9.17, 15) is 0 Å². The Kier molecular flexibility index (Phi) is 6.09. The van der Waals surface area contributed by atoms with E-state index in [0.717, 1.165) is 23.9 Å². The van der Waals surface area contributed by atoms with Crippen molar-refractivity contribution in [1.82, 2.24) is 10.3 Å². The van der Waals surface area contributed by atoms with Crippen LogP contribution in [0.1, 0.15) is 51.4 Å². The predicted molar refractivity (Wildman–Crippen MR) is 73.3 cm³/mol. The van der Waals surface area contributed by atoms with Gasteiger partial charge in [0.2, 0.25) is 0 Å². The van der Waals surface area contributed by atoms with Crippen LogP contribution in [-0.2, 0) is 11.3 Å². The first kappa shape index (κ1) is 14.6. The molecule has 0 radical (unpaired) electrons. The van der Waals surface area contributed by atoms with Gasteiger partial charge in [-0.15, -0.1) is 11.3 Å². The fraction of sp³-hybridized carbons (Fsp3) is 0.769. The molecule has 0 spiro atoms. The average Bonchev–Trinajstić information content (AvgIpc) is 2.71. The van der Waals surface area contributed by atoms with Crippen LogP contribution in [0.3, 0.4) is 0 Å². The summed E-state index contributed by atoms with van der Waals surface area (Å²) in [5, 5.41) is 6.60. The molecule has 1 N–H and O–H groups in total. The molecule has 1 atom stereocenters. The molecule has 0 fully saturated rings. The van der Waals surface area contributed by atoms with Crippen molar-refractivity contribution in [2.24, 2.45) is 5.92 Å². The van der Waals surface area contributed by atoms with Gasteiger partial charge in [-0.2, -0.15) is 0 Å². The van der Waals surface area contributed by atoms with E-state index in [1.165, 1.54) is 0 Å². The standard InChI is InChI=1S/C13H24N2OS/c1-6-16-12(9(2)3)13-15-11(8-17-13)7-14-10(4)5/h8-10,12,14H,6-7H2,1-5H3. The highest BCUT2D eigenvalue weighted by molar-refractivity contribution is 7.09. The molecule has 1 heterocycles. The summed E-state index contributed by atoms with van der Waals surface area (Å²) in [6.45, 7) is 12.2. The lowest BCUT2D eigenvalue weighted by atomic mass is 10.1. The third kappa shape index (κ3) is 4.74. The average molecular weight is 256 g/mol. The number of hydrogen-bond acceptors (Lipinski definition) is 4. The van der Waals surface area contributed by atoms with Crippen LogP contribution in [0, 0.1) is 5.92 Å². The summed E-state index contributed by atoms with van der Waals surface area (Å²) < 4.78 is 5.76. The second kappa shape index (κ2) is 7.09. The van der Waals surface area contributed by atoms with Crippen molar-refractivity contribution in [2.75, 3.05) is 6.61 Å². The molecule has 0 aliphatic rings. The largest absolute Gasteiger partial charge is 0.371 e. The van der Waals surface area contributed by atoms with Gasteiger partial charge in [0.25, 0.3) is 0 Å². The van der Waals surface area contributed by atoms with Gasteiger partial charge >= 0.3 is 0 Å². The Morgan fingerprint density at radius 2 is 2.06 bits per heavy atom. The minimum absolute atomic E-state index is 0.137. The lowest BCUT2D eigenvalue weighted by Crippen LogP contribution is -2.22. The lowest BCUT2D eigenvalue weighted by molar-refractivity contribution is 0.0292. The molecule has 0 saturated carbocycles. The van der Waals surface area contributed by atoms with Crippen molar-refractivity contribution in [3.8, 4) is 0 Å². The van der Waals surface area contributed by atoms with Gasteiger partial charge in [-0.3, -0.25) is 0 Å². The SMILES string of the molecule is CCOC(c1nc(CNC(C)C)cs1)C(C)C. The molecule has 17 heavy (non-hydrogen) atoms. The molecule has 1 unspecified atom stereocenters. The van der Waals surface area contributed by atoms with E-state index in [2.05, 4.69) is 43.4 Å². The van der Waals surface area contributed by atoms with Gasteiger partial charge in [-0.05, 0) is 12.8 Å². The molecule has 0 amide bonds. The number of rotatable bonds is 7. The molecule has 98 valence electrons. The second-order valence-corrected chi connectivity index (χ2v) is 5.72. The van der Waals surface area contributed by atoms with Crippen molar-refractivity contribution in [3.63, 3.8) is 0 Å². The van der Waals surface area contributed by atoms with Gasteiger partial charge in [0.15, 0.2) is 0 Å². The normalized spacial score (nSPS) is 13.6. The fourth-order valence-electron chi connectivity index (χ4n) is 1.57. The quantitative estimate of drug-likeness (QED) is 0.812. The third-order valence-corrected chi connectivity index (χ3v) is 3.41. The van der Waals surface area contributed by atoms with Gasteiger partial charge < -0.3 is 10.1 Å². The highest BCUT2D eigenvalue weighted by atomic mass is 32.1. The molecule has 4 heteroatoms. The van der Waals surface area contributed by atoms with Crippen LogP contribution in [0.2, 0.25) is 0 Å². The molecule has 1 aromatic heterocycles. The number of hydrogen-bond donors (Lipinski definition) is 1. The Hall–Kier alpha value is -0.450. The fourth-order valence-corrected chi connectivity index (χ4v) is 2.61. The minimum Gasteiger partial charge on any atom is -0.371 e. The van der Waals surface area contributed by atoms with Gasteiger partial charge in [-0.25, -0.2) is 4.98 Å². The van der Waals surface area contributed by atoms with E-state index < -0.39 is 0 Å². The molecule has 0 saturated heterocycles. The number of ether oxygens (including phenoxy) is 1. The molecule has 1 rings (SSSR count). The van der Waals surface area contributed by atoms with Crippen molar-refractivity contribution < 1.29 is 4.74 Å². The van der Waals surface area contributed by atoms with E-state index in [1.807, 2.05) is 6.92 Å². The molecule has 0 aliphatic carbocycles. The van der Waals surface area contributed by atoms with Crippen LogP contribution in [0.5, 0.6) is 0 Å². The maximum atomic E-state index is 5.76. The van der Waals surface area contributed by atoms with Crippen LogP contribution in [-0.4, -0.2) is 17.6 Å². The number of nitrogens with one attached hydrogen (secondary N) is 1. The summed E-state index contributed by atoms with van der Waals surface area (Å²) in [6, 6.07) is 0.493. The molecular weight excluding hydrogens is 232 g/mol. The van der Waals surface area contributed by atoms with Crippen LogP contribution in [0.15, 0.2) is 5.38 Å². The van der Waals surface area contributed by atoms with Crippen molar-refractivity contribution in [1.29, 1.82) is 0 Å². The Balaban J connectivity index is 2.64. The minimum atomic E-state index is 0.137. The molecule has 3 nitrogen and oxygen atoms in total. The highest BCUT2D eigenvalue weighted by Gasteiger charge is 2.19. The smallest absolute Gasteiger partial charge is 0.122 e. The van der Waals surface area contributed by atoms with Gasteiger partial charge in [-0.1, -0.05) is 27.7 Å². The number of nitrogens with zero attached hydrogens (tertiary/aromatic N) is 1. The van der Waals surface area contributed by atoms with Crippen LogP contribution in [0.4, 0.5) is 0 Å². The summed E-state index contributed by atoms with van der Waals surface area (Å²) in [6.07, 6.45) is 0.137. The Morgan fingerprint density at radius 1 is 1.35 bits per heavy atom. The van der Waals surface area contributed by atoms with E-state index >= 15 is 0 Å². The maximum Gasteiger partial charge on any atom is 0.122 e. The Morgan fingerprint density at radius 3 is 2.59 bits per heavy atom. The monoisotopic (exact) mass is 256 g/mol. The summed E-state index contributed by atoms with van der Waals surface area (Å²) in [4.78, 5) is 4.65. The maximum absolute atomic E-state index is 5.76. The zero-order chi connectivity index (χ0) is 12.8. The van der Waals surface area contributed by atoms with E-state index in [1.54, 1.807) is 11.3 Å². The summed E-state index contributed by atoms with van der Waals surface area (Å²) >= 11 is 1.70. The molecule has 0 aromatic carbocycles. The van der Waals surface area contributed by atoms with Crippen LogP contribution < -0.4 is 5.32 Å². The van der Waals surface area contributed by atoms with Gasteiger partial charge in [0, 0.05) is 24.6 Å². The van der Waals surface area contributed by atoms with E-state index in [4.69, 9.17) is 4.74 Å². The van der Waals surface area contributed by atoms with Gasteiger partial charge in [0.05, 0.1) is 5.69 Å². The van der Waals surface area contributed by atoms with Crippen molar-refractivity contribution in [2.45, 2.75) is 53.3 Å². The lowest BCUT2D eigenvalue weighted by Gasteiger charge is -2.18. The van der Waals surface area contributed by atoms with E-state index in [0.29, 0.717) is 12.0 Å².